The predicted molar refractivity (Wildman–Crippen MR) is 76.4 cm³/mol. The van der Waals surface area contributed by atoms with Crippen molar-refractivity contribution in [1.82, 2.24) is 3.88 Å². The lowest BCUT2D eigenvalue weighted by Crippen LogP contribution is -2.36. The fourth-order valence-corrected chi connectivity index (χ4v) is 4.72. The molecular weight excluding hydrogens is 258 g/mol. The van der Waals surface area contributed by atoms with Crippen LogP contribution in [0.2, 0.25) is 0 Å². The topological polar surface area (TPSA) is 15.6 Å². The highest BCUT2D eigenvalue weighted by molar-refractivity contribution is 7.32. The molecule has 0 fully saturated rings. The van der Waals surface area contributed by atoms with Crippen LogP contribution in [0.15, 0.2) is 16.8 Å². The first-order chi connectivity index (χ1) is 7.25. The van der Waals surface area contributed by atoms with Crippen LogP contribution in [-0.4, -0.2) is 34.2 Å². The van der Waals surface area contributed by atoms with Crippen LogP contribution < -0.4 is 0 Å². The summed E-state index contributed by atoms with van der Waals surface area (Å²) in [6, 6.07) is 0.645. The van der Waals surface area contributed by atoms with Gasteiger partial charge >= 0.3 is 12.5 Å². The third kappa shape index (κ3) is 6.16. The Labute approximate surface area is 112 Å². The monoisotopic (exact) mass is 278 g/mol. The maximum Gasteiger partial charge on any atom is 0.675 e. The summed E-state index contributed by atoms with van der Waals surface area (Å²) in [6.07, 6.45) is 2.05. The molecule has 0 N–H and O–H groups in total. The van der Waals surface area contributed by atoms with Gasteiger partial charge in [0.05, 0.1) is 0 Å². The first kappa shape index (κ1) is 16.3. The van der Waals surface area contributed by atoms with E-state index in [0.717, 1.165) is 11.4 Å². The van der Waals surface area contributed by atoms with E-state index in [1.54, 1.807) is 0 Å². The Bertz CT molecular complexity index is 265. The smallest absolute Gasteiger partial charge is 0.439 e. The van der Waals surface area contributed by atoms with E-state index in [9.17, 15) is 0 Å². The van der Waals surface area contributed by atoms with Crippen molar-refractivity contribution in [2.75, 3.05) is 0 Å². The Hall–Kier alpha value is 0.322. The summed E-state index contributed by atoms with van der Waals surface area (Å²) in [5.74, 6) is 0. The summed E-state index contributed by atoms with van der Waals surface area (Å²) in [5, 5.41) is 0. The van der Waals surface area contributed by atoms with Crippen molar-refractivity contribution in [2.24, 2.45) is 4.99 Å². The van der Waals surface area contributed by atoms with Crippen molar-refractivity contribution >= 4 is 38.3 Å². The molecule has 0 aromatic carbocycles. The Morgan fingerprint density at radius 1 is 1.19 bits per heavy atom. The molecule has 0 spiro atoms. The second-order valence-corrected chi connectivity index (χ2v) is 8.69. The molecule has 0 atom stereocenters. The van der Waals surface area contributed by atoms with Gasteiger partial charge in [-0.3, -0.25) is 4.99 Å². The van der Waals surface area contributed by atoms with E-state index in [0.29, 0.717) is 12.1 Å². The van der Waals surface area contributed by atoms with Gasteiger partial charge in [0.2, 0.25) is 0 Å². The summed E-state index contributed by atoms with van der Waals surface area (Å²) >= 11 is -1.84. The zero-order valence-electron chi connectivity index (χ0n) is 11.0. The minimum absolute atomic E-state index is 0.316. The summed E-state index contributed by atoms with van der Waals surface area (Å²) < 4.78 is 2.09. The average molecular weight is 279 g/mol. The van der Waals surface area contributed by atoms with E-state index in [1.807, 2.05) is 19.9 Å². The third-order valence-electron chi connectivity index (χ3n) is 2.05. The Morgan fingerprint density at radius 3 is 2.00 bits per heavy atom. The Morgan fingerprint density at radius 2 is 1.69 bits per heavy atom. The third-order valence-corrected chi connectivity index (χ3v) is 4.74. The molecule has 0 rings (SSSR count). The Balaban J connectivity index is 4.86. The molecule has 92 valence electrons. The predicted octanol–water partition coefficient (Wildman–Crippen LogP) is 3.93. The molecule has 0 aliphatic heterocycles. The quantitative estimate of drug-likeness (QED) is 0.550. The highest BCUT2D eigenvalue weighted by Gasteiger charge is 2.26. The van der Waals surface area contributed by atoms with E-state index >= 15 is 0 Å². The number of rotatable bonds is 5. The number of halogens is 2. The molecule has 0 aliphatic carbocycles. The second-order valence-electron chi connectivity index (χ2n) is 4.43. The van der Waals surface area contributed by atoms with Crippen LogP contribution in [0.4, 0.5) is 0 Å². The molecule has 0 saturated carbocycles. The van der Waals surface area contributed by atoms with Crippen LogP contribution >= 0.6 is 20.1 Å². The van der Waals surface area contributed by atoms with Gasteiger partial charge in [0.15, 0.2) is 0 Å². The molecule has 0 radical (unpaired) electrons. The molecule has 0 saturated heterocycles. The minimum atomic E-state index is -1.84. The maximum atomic E-state index is 6.07. The average Bonchev–Trinajstić information content (AvgIpc) is 1.98. The van der Waals surface area contributed by atoms with Gasteiger partial charge in [-0.1, -0.05) is 0 Å². The molecule has 2 nitrogen and oxygen atoms in total. The summed E-state index contributed by atoms with van der Waals surface area (Å²) in [7, 11) is 12.1. The fourth-order valence-electron chi connectivity index (χ4n) is 1.61. The van der Waals surface area contributed by atoms with Crippen LogP contribution in [-0.2, 0) is 0 Å². The van der Waals surface area contributed by atoms with E-state index < -0.39 is 12.5 Å². The molecule has 0 unspecified atom stereocenters. The van der Waals surface area contributed by atoms with Gasteiger partial charge in [-0.15, -0.1) is 0 Å². The molecule has 0 aliphatic rings. The zero-order valence-corrected chi connectivity index (χ0v) is 13.6. The van der Waals surface area contributed by atoms with Gasteiger partial charge in [0, 0.05) is 17.8 Å². The van der Waals surface area contributed by atoms with E-state index in [-0.39, 0.29) is 0 Å². The van der Waals surface area contributed by atoms with Crippen LogP contribution in [0.5, 0.6) is 0 Å². The summed E-state index contributed by atoms with van der Waals surface area (Å²) in [6.45, 7) is 12.3. The van der Waals surface area contributed by atoms with Crippen molar-refractivity contribution in [3.63, 3.8) is 0 Å². The van der Waals surface area contributed by atoms with Gasteiger partial charge in [-0.2, -0.15) is 0 Å². The van der Waals surface area contributed by atoms with Crippen molar-refractivity contribution < 1.29 is 0 Å². The van der Waals surface area contributed by atoms with E-state index in [2.05, 4.69) is 36.6 Å². The largest absolute Gasteiger partial charge is 0.675 e. The number of hydrogen-bond donors (Lipinski definition) is 0. The first-order valence-corrected chi connectivity index (χ1v) is 9.55. The standard InChI is InChI=1S/C11H21N2.Al.2ClH/c1-8(2)12-10(5)7-11(6)13-9(3)4;;;/h7-9H,1-6H3;;2*1H/q-1;+3;;/p-2/b10-7-,13-11?;;;. The molecule has 0 aromatic rings. The highest BCUT2D eigenvalue weighted by atomic mass is 35.7. The normalized spacial score (nSPS) is 13.6. The minimum Gasteiger partial charge on any atom is -0.439 e. The molecule has 0 amide bonds. The molecule has 0 aromatic heterocycles. The highest BCUT2D eigenvalue weighted by Crippen LogP contribution is 2.16. The SMILES string of the molecule is CC(/C=C(/C)[N](C(C)C)[Al]([Cl])[Cl])=NC(C)C. The lowest BCUT2D eigenvalue weighted by atomic mass is 10.3. The van der Waals surface area contributed by atoms with Crippen LogP contribution in [0.3, 0.4) is 0 Å². The molecule has 5 heteroatoms. The molecule has 16 heavy (non-hydrogen) atoms. The zero-order chi connectivity index (χ0) is 12.9. The fraction of sp³-hybridized carbons (Fsp3) is 0.727. The van der Waals surface area contributed by atoms with Gasteiger partial charge < -0.3 is 3.88 Å². The molecule has 0 heterocycles. The summed E-state index contributed by atoms with van der Waals surface area (Å²) in [5.41, 5.74) is 2.11. The lowest BCUT2D eigenvalue weighted by Gasteiger charge is -2.30. The number of allylic oxidation sites excluding steroid dienone is 2. The number of nitrogens with zero attached hydrogens (tertiary/aromatic N) is 2. The van der Waals surface area contributed by atoms with Crippen molar-refractivity contribution in [1.29, 1.82) is 0 Å². The first-order valence-electron chi connectivity index (χ1n) is 5.54. The van der Waals surface area contributed by atoms with Gasteiger partial charge in [0.1, 0.15) is 0 Å². The molecular formula is C11H21AlCl2N2. The molecule has 0 bridgehead atoms. The second kappa shape index (κ2) is 7.61. The van der Waals surface area contributed by atoms with Gasteiger partial charge in [0.25, 0.3) is 0 Å². The van der Waals surface area contributed by atoms with Crippen LogP contribution in [0.1, 0.15) is 41.5 Å². The van der Waals surface area contributed by atoms with Gasteiger partial charge in [-0.05, 0) is 53.3 Å². The van der Waals surface area contributed by atoms with Crippen LogP contribution in [0.25, 0.3) is 0 Å². The van der Waals surface area contributed by atoms with Gasteiger partial charge in [-0.25, -0.2) is 20.1 Å². The summed E-state index contributed by atoms with van der Waals surface area (Å²) in [4.78, 5) is 4.46. The lowest BCUT2D eigenvalue weighted by molar-refractivity contribution is 0.453. The van der Waals surface area contributed by atoms with Crippen molar-refractivity contribution in [2.45, 2.75) is 53.6 Å². The van der Waals surface area contributed by atoms with E-state index in [4.69, 9.17) is 20.1 Å². The van der Waals surface area contributed by atoms with E-state index in [1.165, 1.54) is 0 Å². The number of aliphatic imine (C=N–C) groups is 1. The van der Waals surface area contributed by atoms with Crippen molar-refractivity contribution in [3.05, 3.63) is 11.8 Å². The van der Waals surface area contributed by atoms with Crippen molar-refractivity contribution in [3.8, 4) is 0 Å². The van der Waals surface area contributed by atoms with Crippen LogP contribution in [0, 0.1) is 0 Å². The Kier molecular flexibility index (Phi) is 7.76. The number of hydrogen-bond acceptors (Lipinski definition) is 2. The maximum absolute atomic E-state index is 6.07.